The minimum atomic E-state index is -1.03. The van der Waals surface area contributed by atoms with Crippen LogP contribution in [-0.2, 0) is 20.9 Å². The van der Waals surface area contributed by atoms with Crippen LogP contribution in [0.1, 0.15) is 19.5 Å². The highest BCUT2D eigenvalue weighted by Gasteiger charge is 2.07. The number of hydrogen-bond donors (Lipinski definition) is 1. The van der Waals surface area contributed by atoms with Crippen LogP contribution in [0.25, 0.3) is 6.08 Å². The molecule has 1 N–H and O–H groups in total. The quantitative estimate of drug-likeness (QED) is 0.623. The summed E-state index contributed by atoms with van der Waals surface area (Å²) < 4.78 is 6.63. The van der Waals surface area contributed by atoms with E-state index in [0.29, 0.717) is 5.69 Å². The van der Waals surface area contributed by atoms with Gasteiger partial charge in [-0.25, -0.2) is 4.79 Å². The van der Waals surface area contributed by atoms with Gasteiger partial charge in [-0.1, -0.05) is 0 Å². The zero-order chi connectivity index (χ0) is 12.8. The van der Waals surface area contributed by atoms with Crippen LogP contribution < -0.4 is 0 Å². The molecule has 17 heavy (non-hydrogen) atoms. The second-order valence-corrected chi connectivity index (χ2v) is 3.77. The van der Waals surface area contributed by atoms with Crippen LogP contribution in [-0.4, -0.2) is 27.7 Å². The lowest BCUT2D eigenvalue weighted by atomic mass is 10.3. The standard InChI is InChI=1S/C12H15NO4/c1-9(2)17-12(16)8-13-7-3-4-10(13)5-6-11(14)15/h3-7,9H,8H2,1-2H3,(H,14,15)/b6-5+. The zero-order valence-electron chi connectivity index (χ0n) is 9.79. The lowest BCUT2D eigenvalue weighted by molar-refractivity contribution is -0.148. The fraction of sp³-hybridized carbons (Fsp3) is 0.333. The van der Waals surface area contributed by atoms with Crippen molar-refractivity contribution in [1.29, 1.82) is 0 Å². The highest BCUT2D eigenvalue weighted by atomic mass is 16.5. The number of ether oxygens (including phenoxy) is 1. The number of carbonyl (C=O) groups excluding carboxylic acids is 1. The summed E-state index contributed by atoms with van der Waals surface area (Å²) in [5.41, 5.74) is 0.646. The summed E-state index contributed by atoms with van der Waals surface area (Å²) in [6.45, 7) is 3.63. The first-order valence-electron chi connectivity index (χ1n) is 5.24. The average molecular weight is 237 g/mol. The summed E-state index contributed by atoms with van der Waals surface area (Å²) in [6, 6.07) is 3.46. The smallest absolute Gasteiger partial charge is 0.328 e. The van der Waals surface area contributed by atoms with E-state index in [-0.39, 0.29) is 18.6 Å². The van der Waals surface area contributed by atoms with Gasteiger partial charge in [0, 0.05) is 18.0 Å². The molecule has 1 rings (SSSR count). The molecule has 0 amide bonds. The van der Waals surface area contributed by atoms with E-state index in [1.165, 1.54) is 6.08 Å². The Bertz CT molecular complexity index is 431. The predicted molar refractivity (Wildman–Crippen MR) is 62.3 cm³/mol. The van der Waals surface area contributed by atoms with Crippen molar-refractivity contribution in [3.8, 4) is 0 Å². The van der Waals surface area contributed by atoms with E-state index < -0.39 is 5.97 Å². The highest BCUT2D eigenvalue weighted by Crippen LogP contribution is 2.05. The van der Waals surface area contributed by atoms with Crippen molar-refractivity contribution in [3.05, 3.63) is 30.1 Å². The molecular formula is C12H15NO4. The second-order valence-electron chi connectivity index (χ2n) is 3.77. The van der Waals surface area contributed by atoms with E-state index in [9.17, 15) is 9.59 Å². The van der Waals surface area contributed by atoms with Crippen LogP contribution >= 0.6 is 0 Å². The molecule has 5 heteroatoms. The Morgan fingerprint density at radius 1 is 1.53 bits per heavy atom. The molecule has 5 nitrogen and oxygen atoms in total. The van der Waals surface area contributed by atoms with Gasteiger partial charge >= 0.3 is 11.9 Å². The summed E-state index contributed by atoms with van der Waals surface area (Å²) in [4.78, 5) is 21.8. The summed E-state index contributed by atoms with van der Waals surface area (Å²) in [5.74, 6) is -1.37. The number of carbonyl (C=O) groups is 2. The van der Waals surface area contributed by atoms with E-state index in [1.54, 1.807) is 36.7 Å². The second kappa shape index (κ2) is 5.89. The molecule has 0 bridgehead atoms. The fourth-order valence-electron chi connectivity index (χ4n) is 1.32. The Labute approximate surface area is 99.3 Å². The maximum Gasteiger partial charge on any atom is 0.328 e. The molecule has 0 radical (unpaired) electrons. The van der Waals surface area contributed by atoms with Crippen molar-refractivity contribution in [2.45, 2.75) is 26.5 Å². The topological polar surface area (TPSA) is 68.5 Å². The first kappa shape index (κ1) is 13.0. The van der Waals surface area contributed by atoms with Gasteiger partial charge in [-0.2, -0.15) is 0 Å². The lowest BCUT2D eigenvalue weighted by Crippen LogP contribution is -2.17. The molecule has 0 saturated heterocycles. The highest BCUT2D eigenvalue weighted by molar-refractivity contribution is 5.85. The Morgan fingerprint density at radius 2 is 2.24 bits per heavy atom. The van der Waals surface area contributed by atoms with Crippen LogP contribution in [0.15, 0.2) is 24.4 Å². The largest absolute Gasteiger partial charge is 0.478 e. The van der Waals surface area contributed by atoms with Gasteiger partial charge in [0.05, 0.1) is 6.10 Å². The van der Waals surface area contributed by atoms with Crippen LogP contribution in [0.5, 0.6) is 0 Å². The van der Waals surface area contributed by atoms with Gasteiger partial charge in [-0.3, -0.25) is 4.79 Å². The number of nitrogens with zero attached hydrogens (tertiary/aromatic N) is 1. The van der Waals surface area contributed by atoms with Gasteiger partial charge in [0.25, 0.3) is 0 Å². The van der Waals surface area contributed by atoms with Crippen molar-refractivity contribution in [2.24, 2.45) is 0 Å². The Hall–Kier alpha value is -2.04. The molecule has 0 spiro atoms. The average Bonchev–Trinajstić information content (AvgIpc) is 2.60. The van der Waals surface area contributed by atoms with E-state index in [4.69, 9.17) is 9.84 Å². The van der Waals surface area contributed by atoms with E-state index in [1.807, 2.05) is 0 Å². The van der Waals surface area contributed by atoms with Crippen LogP contribution in [0.4, 0.5) is 0 Å². The number of esters is 1. The lowest BCUT2D eigenvalue weighted by Gasteiger charge is -2.09. The third-order valence-corrected chi connectivity index (χ3v) is 1.93. The fourth-order valence-corrected chi connectivity index (χ4v) is 1.32. The van der Waals surface area contributed by atoms with E-state index in [0.717, 1.165) is 6.08 Å². The minimum absolute atomic E-state index is 0.0739. The molecule has 0 saturated carbocycles. The predicted octanol–water partition coefficient (Wildman–Crippen LogP) is 1.54. The third kappa shape index (κ3) is 4.55. The van der Waals surface area contributed by atoms with Gasteiger partial charge in [0.2, 0.25) is 0 Å². The summed E-state index contributed by atoms with van der Waals surface area (Å²) >= 11 is 0. The van der Waals surface area contributed by atoms with Crippen molar-refractivity contribution in [1.82, 2.24) is 4.57 Å². The van der Waals surface area contributed by atoms with Crippen LogP contribution in [0.2, 0.25) is 0 Å². The third-order valence-electron chi connectivity index (χ3n) is 1.93. The summed E-state index contributed by atoms with van der Waals surface area (Å²) in [7, 11) is 0. The monoisotopic (exact) mass is 237 g/mol. The maximum absolute atomic E-state index is 11.4. The number of carboxylic acids is 1. The molecule has 1 heterocycles. The Balaban J connectivity index is 2.69. The molecule has 1 aromatic heterocycles. The molecule has 92 valence electrons. The molecule has 0 unspecified atom stereocenters. The normalized spacial score (nSPS) is 11.0. The Morgan fingerprint density at radius 3 is 2.82 bits per heavy atom. The molecule has 0 fully saturated rings. The number of rotatable bonds is 5. The van der Waals surface area contributed by atoms with Gasteiger partial charge in [-0.05, 0) is 32.1 Å². The zero-order valence-corrected chi connectivity index (χ0v) is 9.79. The summed E-state index contributed by atoms with van der Waals surface area (Å²) in [6.07, 6.45) is 4.00. The number of aliphatic carboxylic acids is 1. The van der Waals surface area contributed by atoms with E-state index >= 15 is 0 Å². The van der Waals surface area contributed by atoms with Crippen LogP contribution in [0.3, 0.4) is 0 Å². The first-order chi connectivity index (χ1) is 7.99. The maximum atomic E-state index is 11.4. The van der Waals surface area contributed by atoms with Crippen molar-refractivity contribution >= 4 is 18.0 Å². The van der Waals surface area contributed by atoms with Gasteiger partial charge in [0.1, 0.15) is 6.54 Å². The molecule has 0 atom stereocenters. The van der Waals surface area contributed by atoms with Gasteiger partial charge < -0.3 is 14.4 Å². The number of carboxylic acid groups (broad SMARTS) is 1. The van der Waals surface area contributed by atoms with Crippen molar-refractivity contribution < 1.29 is 19.4 Å². The molecule has 1 aromatic rings. The minimum Gasteiger partial charge on any atom is -0.478 e. The van der Waals surface area contributed by atoms with E-state index in [2.05, 4.69) is 0 Å². The molecule has 0 aliphatic rings. The molecule has 0 aliphatic heterocycles. The SMILES string of the molecule is CC(C)OC(=O)Cn1cccc1/C=C/C(=O)O. The van der Waals surface area contributed by atoms with Gasteiger partial charge in [0.15, 0.2) is 0 Å². The molecule has 0 aromatic carbocycles. The molecule has 0 aliphatic carbocycles. The van der Waals surface area contributed by atoms with Crippen molar-refractivity contribution in [3.63, 3.8) is 0 Å². The van der Waals surface area contributed by atoms with Crippen molar-refractivity contribution in [2.75, 3.05) is 0 Å². The van der Waals surface area contributed by atoms with Crippen LogP contribution in [0, 0.1) is 0 Å². The summed E-state index contributed by atoms with van der Waals surface area (Å²) in [5, 5.41) is 8.52. The number of aromatic nitrogens is 1. The Kier molecular flexibility index (Phi) is 4.51. The molecular weight excluding hydrogens is 222 g/mol. The number of hydrogen-bond acceptors (Lipinski definition) is 3. The first-order valence-corrected chi connectivity index (χ1v) is 5.24. The van der Waals surface area contributed by atoms with Gasteiger partial charge in [-0.15, -0.1) is 0 Å².